The average molecular weight is 272 g/mol. The Balaban J connectivity index is 2.41. The lowest BCUT2D eigenvalue weighted by molar-refractivity contribution is -0.181. The minimum atomic E-state index is -1.61. The number of fused-ring (bicyclic) bond motifs is 3. The van der Waals surface area contributed by atoms with Crippen LogP contribution in [0.4, 0.5) is 0 Å². The highest BCUT2D eigenvalue weighted by atomic mass is 16.5. The van der Waals surface area contributed by atoms with Crippen LogP contribution in [0.1, 0.15) is 38.8 Å². The summed E-state index contributed by atoms with van der Waals surface area (Å²) in [7, 11) is 1.33. The number of hydrogen-bond donors (Lipinski definition) is 1. The molecule has 0 saturated heterocycles. The molecule has 0 radical (unpaired) electrons. The molecule has 0 saturated carbocycles. The number of hydrogen-bond acceptors (Lipinski definition) is 3. The summed E-state index contributed by atoms with van der Waals surface area (Å²) in [6, 6.07) is 7.65. The van der Waals surface area contributed by atoms with Crippen molar-refractivity contribution in [2.45, 2.75) is 38.7 Å². The van der Waals surface area contributed by atoms with Crippen molar-refractivity contribution in [1.29, 1.82) is 0 Å². The van der Waals surface area contributed by atoms with Crippen LogP contribution in [0, 0.1) is 5.41 Å². The van der Waals surface area contributed by atoms with Gasteiger partial charge in [0.2, 0.25) is 0 Å². The van der Waals surface area contributed by atoms with Crippen LogP contribution in [-0.4, -0.2) is 18.2 Å². The van der Waals surface area contributed by atoms with Crippen LogP contribution in [0.15, 0.2) is 35.4 Å². The summed E-state index contributed by atoms with van der Waals surface area (Å²) in [4.78, 5) is 12.4. The van der Waals surface area contributed by atoms with Crippen molar-refractivity contribution in [1.82, 2.24) is 0 Å². The van der Waals surface area contributed by atoms with Gasteiger partial charge >= 0.3 is 5.97 Å². The maximum Gasteiger partial charge on any atom is 0.343 e. The smallest absolute Gasteiger partial charge is 0.343 e. The summed E-state index contributed by atoms with van der Waals surface area (Å²) >= 11 is 0. The molecule has 3 nitrogen and oxygen atoms in total. The molecular formula is C17H20O3. The van der Waals surface area contributed by atoms with E-state index in [4.69, 9.17) is 4.74 Å². The van der Waals surface area contributed by atoms with Crippen molar-refractivity contribution < 1.29 is 14.6 Å². The second kappa shape index (κ2) is 3.53. The first-order valence-corrected chi connectivity index (χ1v) is 6.87. The van der Waals surface area contributed by atoms with E-state index in [1.807, 2.05) is 38.1 Å². The number of carbonyl (C=O) groups excluding carboxylic acids is 1. The van der Waals surface area contributed by atoms with Gasteiger partial charge < -0.3 is 9.84 Å². The van der Waals surface area contributed by atoms with Gasteiger partial charge in [0, 0.05) is 10.8 Å². The molecule has 0 bridgehead atoms. The van der Waals surface area contributed by atoms with Crippen LogP contribution >= 0.6 is 0 Å². The van der Waals surface area contributed by atoms with E-state index in [2.05, 4.69) is 13.8 Å². The Labute approximate surface area is 119 Å². The van der Waals surface area contributed by atoms with E-state index in [9.17, 15) is 9.90 Å². The number of allylic oxidation sites excluding steroid dienone is 1. The molecule has 0 unspecified atom stereocenters. The van der Waals surface area contributed by atoms with E-state index in [0.29, 0.717) is 5.56 Å². The molecule has 2 aliphatic rings. The SMILES string of the molecule is COC(=O)[C@@]1(O)c2ccccc2[C@@]2(C)C(C)=C(C)[C@]12C. The van der Waals surface area contributed by atoms with Gasteiger partial charge in [-0.1, -0.05) is 49.3 Å². The topological polar surface area (TPSA) is 46.5 Å². The summed E-state index contributed by atoms with van der Waals surface area (Å²) in [5.41, 5.74) is 1.41. The fourth-order valence-corrected chi connectivity index (χ4v) is 4.51. The highest BCUT2D eigenvalue weighted by molar-refractivity contribution is 5.88. The second-order valence-electron chi connectivity index (χ2n) is 6.25. The van der Waals surface area contributed by atoms with Gasteiger partial charge in [0.15, 0.2) is 5.60 Å². The third-order valence-electron chi connectivity index (χ3n) is 6.12. The zero-order valence-corrected chi connectivity index (χ0v) is 12.6. The maximum absolute atomic E-state index is 12.4. The zero-order valence-electron chi connectivity index (χ0n) is 12.6. The van der Waals surface area contributed by atoms with Crippen molar-refractivity contribution in [3.63, 3.8) is 0 Å². The quantitative estimate of drug-likeness (QED) is 0.631. The van der Waals surface area contributed by atoms with Crippen LogP contribution in [0.3, 0.4) is 0 Å². The number of benzene rings is 1. The van der Waals surface area contributed by atoms with Crippen molar-refractivity contribution >= 4 is 5.97 Å². The lowest BCUT2D eigenvalue weighted by Crippen LogP contribution is -2.60. The molecule has 0 aliphatic heterocycles. The monoisotopic (exact) mass is 272 g/mol. The van der Waals surface area contributed by atoms with E-state index >= 15 is 0 Å². The highest BCUT2D eigenvalue weighted by Gasteiger charge is 2.75. The minimum Gasteiger partial charge on any atom is -0.467 e. The van der Waals surface area contributed by atoms with Crippen LogP contribution in [-0.2, 0) is 20.5 Å². The second-order valence-corrected chi connectivity index (χ2v) is 6.25. The largest absolute Gasteiger partial charge is 0.467 e. The molecule has 3 heteroatoms. The molecule has 20 heavy (non-hydrogen) atoms. The number of methoxy groups -OCH3 is 1. The van der Waals surface area contributed by atoms with E-state index < -0.39 is 17.0 Å². The number of carbonyl (C=O) groups is 1. The summed E-state index contributed by atoms with van der Waals surface area (Å²) in [5.74, 6) is -0.581. The lowest BCUT2D eigenvalue weighted by atomic mass is 9.45. The first-order chi connectivity index (χ1) is 9.27. The third-order valence-corrected chi connectivity index (χ3v) is 6.12. The molecule has 0 amide bonds. The third kappa shape index (κ3) is 0.966. The molecule has 3 atom stereocenters. The van der Waals surface area contributed by atoms with Crippen LogP contribution in [0.2, 0.25) is 0 Å². The van der Waals surface area contributed by atoms with Crippen molar-refractivity contribution in [3.8, 4) is 0 Å². The molecule has 1 N–H and O–H groups in total. The number of aliphatic hydroxyl groups is 1. The van der Waals surface area contributed by atoms with E-state index in [0.717, 1.165) is 11.1 Å². The number of ether oxygens (including phenoxy) is 1. The van der Waals surface area contributed by atoms with Gasteiger partial charge in [-0.15, -0.1) is 0 Å². The van der Waals surface area contributed by atoms with E-state index in [-0.39, 0.29) is 5.41 Å². The number of esters is 1. The fraction of sp³-hybridized carbons (Fsp3) is 0.471. The van der Waals surface area contributed by atoms with Crippen molar-refractivity contribution in [3.05, 3.63) is 46.5 Å². The molecule has 1 aromatic carbocycles. The highest BCUT2D eigenvalue weighted by Crippen LogP contribution is 2.73. The maximum atomic E-state index is 12.4. The van der Waals surface area contributed by atoms with E-state index in [1.165, 1.54) is 12.7 Å². The lowest BCUT2D eigenvalue weighted by Gasteiger charge is -2.57. The Morgan fingerprint density at radius 2 is 1.65 bits per heavy atom. The minimum absolute atomic E-state index is 0.323. The van der Waals surface area contributed by atoms with E-state index in [1.54, 1.807) is 0 Å². The number of rotatable bonds is 1. The fourth-order valence-electron chi connectivity index (χ4n) is 4.51. The normalized spacial score (nSPS) is 38.1. The standard InChI is InChI=1S/C17H20O3/c1-10-11(2)16(4)15(10,3)12-8-6-7-9-13(12)17(16,19)14(18)20-5/h6-9,19H,1-5H3/t15-,16+,17+/m1/s1. The zero-order chi connectivity index (χ0) is 14.9. The molecular weight excluding hydrogens is 252 g/mol. The first-order valence-electron chi connectivity index (χ1n) is 6.87. The predicted molar refractivity (Wildman–Crippen MR) is 76.2 cm³/mol. The van der Waals surface area contributed by atoms with Gasteiger partial charge in [-0.2, -0.15) is 0 Å². The molecule has 2 aliphatic carbocycles. The molecule has 0 spiro atoms. The molecule has 3 rings (SSSR count). The summed E-state index contributed by atoms with van der Waals surface area (Å²) in [6.45, 7) is 8.15. The van der Waals surface area contributed by atoms with Gasteiger partial charge in [-0.3, -0.25) is 0 Å². The summed E-state index contributed by atoms with van der Waals surface area (Å²) in [6.07, 6.45) is 0. The summed E-state index contributed by atoms with van der Waals surface area (Å²) in [5, 5.41) is 11.3. The van der Waals surface area contributed by atoms with Gasteiger partial charge in [0.1, 0.15) is 0 Å². The Hall–Kier alpha value is -1.61. The van der Waals surface area contributed by atoms with Gasteiger partial charge in [-0.05, 0) is 25.0 Å². The summed E-state index contributed by atoms with van der Waals surface area (Å²) < 4.78 is 4.93. The molecule has 1 aromatic rings. The molecule has 106 valence electrons. The van der Waals surface area contributed by atoms with Gasteiger partial charge in [-0.25, -0.2) is 4.79 Å². The van der Waals surface area contributed by atoms with Crippen LogP contribution in [0.5, 0.6) is 0 Å². The molecule has 0 fully saturated rings. The molecule has 0 heterocycles. The molecule has 0 aromatic heterocycles. The Bertz CT molecular complexity index is 660. The van der Waals surface area contributed by atoms with Crippen LogP contribution in [0.25, 0.3) is 0 Å². The van der Waals surface area contributed by atoms with Crippen molar-refractivity contribution in [2.75, 3.05) is 7.11 Å². The van der Waals surface area contributed by atoms with Gasteiger partial charge in [0.05, 0.1) is 7.11 Å². The van der Waals surface area contributed by atoms with Crippen LogP contribution < -0.4 is 0 Å². The Kier molecular flexibility index (Phi) is 2.36. The first kappa shape index (κ1) is 13.4. The Morgan fingerprint density at radius 3 is 2.20 bits per heavy atom. The van der Waals surface area contributed by atoms with Gasteiger partial charge in [0.25, 0.3) is 0 Å². The van der Waals surface area contributed by atoms with Crippen molar-refractivity contribution in [2.24, 2.45) is 5.41 Å². The Morgan fingerprint density at radius 1 is 1.10 bits per heavy atom. The predicted octanol–water partition coefficient (Wildman–Crippen LogP) is 2.67. The average Bonchev–Trinajstić information content (AvgIpc) is 2.63.